The second kappa shape index (κ2) is 6.28. The molecule has 0 aromatic heterocycles. The van der Waals surface area contributed by atoms with Gasteiger partial charge in [0.1, 0.15) is 0 Å². The Morgan fingerprint density at radius 3 is 2.67 bits per heavy atom. The standard InChI is InChI=1S/C15H20F2O/c16-14-7-3-6-12(15(14)17)10-13(18)9-8-11-4-1-2-5-11/h3,6-7,11,13,18H,1-2,4-5,8-10H2. The Morgan fingerprint density at radius 1 is 1.22 bits per heavy atom. The molecule has 1 aliphatic carbocycles. The number of hydrogen-bond acceptors (Lipinski definition) is 1. The fourth-order valence-electron chi connectivity index (χ4n) is 2.79. The third kappa shape index (κ3) is 3.52. The molecule has 0 bridgehead atoms. The maximum atomic E-state index is 13.4. The van der Waals surface area contributed by atoms with E-state index in [-0.39, 0.29) is 12.0 Å². The summed E-state index contributed by atoms with van der Waals surface area (Å²) >= 11 is 0. The van der Waals surface area contributed by atoms with Gasteiger partial charge >= 0.3 is 0 Å². The van der Waals surface area contributed by atoms with E-state index in [2.05, 4.69) is 0 Å². The second-order valence-electron chi connectivity index (χ2n) is 5.30. The summed E-state index contributed by atoms with van der Waals surface area (Å²) in [5.41, 5.74) is 0.272. The SMILES string of the molecule is OC(CCC1CCCC1)Cc1cccc(F)c1F. The van der Waals surface area contributed by atoms with Crippen LogP contribution in [0.3, 0.4) is 0 Å². The van der Waals surface area contributed by atoms with Gasteiger partial charge in [0.25, 0.3) is 0 Å². The van der Waals surface area contributed by atoms with Crippen LogP contribution in [-0.2, 0) is 6.42 Å². The van der Waals surface area contributed by atoms with Crippen LogP contribution in [0.2, 0.25) is 0 Å². The van der Waals surface area contributed by atoms with Gasteiger partial charge < -0.3 is 5.11 Å². The molecule has 0 aliphatic heterocycles. The van der Waals surface area contributed by atoms with Crippen LogP contribution in [0, 0.1) is 17.6 Å². The molecule has 2 rings (SSSR count). The van der Waals surface area contributed by atoms with Gasteiger partial charge in [0.05, 0.1) is 6.10 Å². The number of hydrogen-bond donors (Lipinski definition) is 1. The van der Waals surface area contributed by atoms with Gasteiger partial charge in [0.15, 0.2) is 11.6 Å². The molecule has 1 aromatic rings. The second-order valence-corrected chi connectivity index (χ2v) is 5.30. The molecule has 0 amide bonds. The number of benzene rings is 1. The Bertz CT molecular complexity index is 386. The molecule has 0 saturated heterocycles. The first-order valence-corrected chi connectivity index (χ1v) is 6.77. The zero-order chi connectivity index (χ0) is 13.0. The van der Waals surface area contributed by atoms with Crippen molar-refractivity contribution in [1.82, 2.24) is 0 Å². The lowest BCUT2D eigenvalue weighted by molar-refractivity contribution is 0.153. The van der Waals surface area contributed by atoms with Crippen LogP contribution < -0.4 is 0 Å². The molecule has 1 saturated carbocycles. The zero-order valence-corrected chi connectivity index (χ0v) is 10.5. The predicted molar refractivity (Wildman–Crippen MR) is 67.3 cm³/mol. The van der Waals surface area contributed by atoms with Crippen LogP contribution in [-0.4, -0.2) is 11.2 Å². The summed E-state index contributed by atoms with van der Waals surface area (Å²) in [5, 5.41) is 9.89. The summed E-state index contributed by atoms with van der Waals surface area (Å²) < 4.78 is 26.4. The molecular formula is C15H20F2O. The highest BCUT2D eigenvalue weighted by Gasteiger charge is 2.17. The van der Waals surface area contributed by atoms with Crippen molar-refractivity contribution in [3.8, 4) is 0 Å². The molecule has 0 radical (unpaired) electrons. The van der Waals surface area contributed by atoms with Crippen molar-refractivity contribution in [3.63, 3.8) is 0 Å². The Balaban J connectivity index is 1.82. The number of aliphatic hydroxyl groups is 1. The Kier molecular flexibility index (Phi) is 4.70. The van der Waals surface area contributed by atoms with Crippen molar-refractivity contribution in [2.45, 2.75) is 51.0 Å². The summed E-state index contributed by atoms with van der Waals surface area (Å²) in [4.78, 5) is 0. The normalized spacial score (nSPS) is 18.2. The monoisotopic (exact) mass is 254 g/mol. The molecule has 1 N–H and O–H groups in total. The highest BCUT2D eigenvalue weighted by atomic mass is 19.2. The smallest absolute Gasteiger partial charge is 0.162 e. The molecule has 1 unspecified atom stereocenters. The fourth-order valence-corrected chi connectivity index (χ4v) is 2.79. The topological polar surface area (TPSA) is 20.2 Å². The highest BCUT2D eigenvalue weighted by Crippen LogP contribution is 2.29. The van der Waals surface area contributed by atoms with E-state index in [9.17, 15) is 13.9 Å². The summed E-state index contributed by atoms with van der Waals surface area (Å²) in [7, 11) is 0. The summed E-state index contributed by atoms with van der Waals surface area (Å²) in [6, 6.07) is 4.12. The third-order valence-corrected chi connectivity index (χ3v) is 3.87. The lowest BCUT2D eigenvalue weighted by Crippen LogP contribution is -2.13. The van der Waals surface area contributed by atoms with Gasteiger partial charge in [-0.25, -0.2) is 8.78 Å². The Morgan fingerprint density at radius 2 is 1.94 bits per heavy atom. The molecule has 0 spiro atoms. The predicted octanol–water partition coefficient (Wildman–Crippen LogP) is 3.84. The lowest BCUT2D eigenvalue weighted by Gasteiger charge is -2.14. The van der Waals surface area contributed by atoms with Gasteiger partial charge in [0, 0.05) is 6.42 Å². The molecule has 1 atom stereocenters. The van der Waals surface area contributed by atoms with Crippen molar-refractivity contribution in [2.75, 3.05) is 0 Å². The van der Waals surface area contributed by atoms with Gasteiger partial charge in [-0.15, -0.1) is 0 Å². The summed E-state index contributed by atoms with van der Waals surface area (Å²) in [6.45, 7) is 0. The molecule has 100 valence electrons. The number of halogens is 2. The van der Waals surface area contributed by atoms with Crippen LogP contribution in [0.5, 0.6) is 0 Å². The van der Waals surface area contributed by atoms with E-state index in [1.165, 1.54) is 37.8 Å². The van der Waals surface area contributed by atoms with Crippen molar-refractivity contribution < 1.29 is 13.9 Å². The Hall–Kier alpha value is -0.960. The zero-order valence-electron chi connectivity index (χ0n) is 10.5. The number of rotatable bonds is 5. The molecule has 0 heterocycles. The van der Waals surface area contributed by atoms with E-state index in [0.29, 0.717) is 6.42 Å². The van der Waals surface area contributed by atoms with E-state index in [4.69, 9.17) is 0 Å². The molecular weight excluding hydrogens is 234 g/mol. The molecule has 3 heteroatoms. The summed E-state index contributed by atoms with van der Waals surface area (Å²) in [6.07, 6.45) is 6.40. The molecule has 1 aliphatic rings. The van der Waals surface area contributed by atoms with Crippen molar-refractivity contribution >= 4 is 0 Å². The van der Waals surface area contributed by atoms with Gasteiger partial charge in [-0.3, -0.25) is 0 Å². The fraction of sp³-hybridized carbons (Fsp3) is 0.600. The van der Waals surface area contributed by atoms with E-state index >= 15 is 0 Å². The number of aliphatic hydroxyl groups excluding tert-OH is 1. The molecule has 1 fully saturated rings. The summed E-state index contributed by atoms with van der Waals surface area (Å²) in [5.74, 6) is -0.940. The molecule has 18 heavy (non-hydrogen) atoms. The average molecular weight is 254 g/mol. The van der Waals surface area contributed by atoms with Gasteiger partial charge in [-0.05, 0) is 30.4 Å². The van der Waals surface area contributed by atoms with Crippen molar-refractivity contribution in [3.05, 3.63) is 35.4 Å². The van der Waals surface area contributed by atoms with Crippen molar-refractivity contribution in [1.29, 1.82) is 0 Å². The Labute approximate surface area is 107 Å². The maximum Gasteiger partial charge on any atom is 0.162 e. The first-order chi connectivity index (χ1) is 8.66. The largest absolute Gasteiger partial charge is 0.393 e. The van der Waals surface area contributed by atoms with E-state index < -0.39 is 17.7 Å². The highest BCUT2D eigenvalue weighted by molar-refractivity contribution is 5.19. The van der Waals surface area contributed by atoms with Crippen molar-refractivity contribution in [2.24, 2.45) is 5.92 Å². The molecule has 1 aromatic carbocycles. The van der Waals surface area contributed by atoms with Crippen LogP contribution in [0.4, 0.5) is 8.78 Å². The minimum Gasteiger partial charge on any atom is -0.393 e. The van der Waals surface area contributed by atoms with E-state index in [1.54, 1.807) is 0 Å². The van der Waals surface area contributed by atoms with Crippen LogP contribution >= 0.6 is 0 Å². The minimum absolute atomic E-state index is 0.205. The van der Waals surface area contributed by atoms with Gasteiger partial charge in [-0.1, -0.05) is 37.8 Å². The van der Waals surface area contributed by atoms with Gasteiger partial charge in [-0.2, -0.15) is 0 Å². The first kappa shape index (κ1) is 13.5. The van der Waals surface area contributed by atoms with E-state index in [1.807, 2.05) is 0 Å². The minimum atomic E-state index is -0.838. The third-order valence-electron chi connectivity index (χ3n) is 3.87. The average Bonchev–Trinajstić information content (AvgIpc) is 2.86. The van der Waals surface area contributed by atoms with E-state index in [0.717, 1.165) is 18.4 Å². The van der Waals surface area contributed by atoms with Gasteiger partial charge in [0.2, 0.25) is 0 Å². The van der Waals surface area contributed by atoms with Crippen LogP contribution in [0.15, 0.2) is 18.2 Å². The first-order valence-electron chi connectivity index (χ1n) is 6.77. The van der Waals surface area contributed by atoms with Crippen LogP contribution in [0.1, 0.15) is 44.1 Å². The molecule has 1 nitrogen and oxygen atoms in total. The van der Waals surface area contributed by atoms with Crippen LogP contribution in [0.25, 0.3) is 0 Å². The maximum absolute atomic E-state index is 13.4. The lowest BCUT2D eigenvalue weighted by atomic mass is 9.96. The quantitative estimate of drug-likeness (QED) is 0.846.